The fraction of sp³-hybridized carbons (Fsp3) is 0.286. The normalized spacial score (nSPS) is 11.8. The van der Waals surface area contributed by atoms with Gasteiger partial charge in [-0.3, -0.25) is 13.9 Å². The van der Waals surface area contributed by atoms with Gasteiger partial charge in [0.2, 0.25) is 11.8 Å². The lowest BCUT2D eigenvalue weighted by atomic mass is 10.1. The minimum Gasteiger partial charge on any atom is -0.497 e. The molecule has 0 aliphatic rings. The maximum absolute atomic E-state index is 14.0. The van der Waals surface area contributed by atoms with Gasteiger partial charge in [0.05, 0.1) is 24.8 Å². The molecule has 3 rings (SSSR count). The number of ether oxygens (including phenoxy) is 2. The van der Waals surface area contributed by atoms with Crippen LogP contribution in [0.2, 0.25) is 5.02 Å². The highest BCUT2D eigenvalue weighted by atomic mass is 35.5. The van der Waals surface area contributed by atoms with Gasteiger partial charge in [0.15, 0.2) is 0 Å². The van der Waals surface area contributed by atoms with E-state index in [1.165, 1.54) is 44.4 Å². The molecule has 1 atom stereocenters. The Morgan fingerprint density at radius 2 is 1.62 bits per heavy atom. The molecule has 0 unspecified atom stereocenters. The molecule has 0 aromatic heterocycles. The molecule has 3 aromatic rings. The zero-order chi connectivity index (χ0) is 28.7. The summed E-state index contributed by atoms with van der Waals surface area (Å²) in [5, 5.41) is 3.08. The van der Waals surface area contributed by atoms with Gasteiger partial charge in [-0.05, 0) is 55.8 Å². The van der Waals surface area contributed by atoms with Crippen LogP contribution in [0.5, 0.6) is 11.5 Å². The molecule has 0 saturated heterocycles. The van der Waals surface area contributed by atoms with Crippen molar-refractivity contribution >= 4 is 39.1 Å². The summed E-state index contributed by atoms with van der Waals surface area (Å²) < 4.78 is 39.8. The van der Waals surface area contributed by atoms with E-state index in [0.29, 0.717) is 10.8 Å². The lowest BCUT2D eigenvalue weighted by Crippen LogP contribution is -2.50. The molecule has 3 aromatic carbocycles. The molecule has 39 heavy (non-hydrogen) atoms. The van der Waals surface area contributed by atoms with Crippen LogP contribution >= 0.6 is 11.6 Å². The maximum Gasteiger partial charge on any atom is 0.264 e. The summed E-state index contributed by atoms with van der Waals surface area (Å²) in [6, 6.07) is 16.9. The van der Waals surface area contributed by atoms with Crippen LogP contribution in [0.25, 0.3) is 0 Å². The molecule has 0 saturated carbocycles. The summed E-state index contributed by atoms with van der Waals surface area (Å²) >= 11 is 6.01. The van der Waals surface area contributed by atoms with E-state index >= 15 is 0 Å². The Labute approximate surface area is 234 Å². The number of sulfonamides is 1. The molecule has 11 heteroatoms. The Kier molecular flexibility index (Phi) is 9.82. The van der Waals surface area contributed by atoms with Crippen molar-refractivity contribution in [2.45, 2.75) is 31.3 Å². The molecule has 0 spiro atoms. The number of hydrogen-bond donors (Lipinski definition) is 1. The second-order valence-corrected chi connectivity index (χ2v) is 11.1. The predicted octanol–water partition coefficient (Wildman–Crippen LogP) is 4.02. The Balaban J connectivity index is 2.12. The zero-order valence-corrected chi connectivity index (χ0v) is 24.0. The van der Waals surface area contributed by atoms with Crippen LogP contribution < -0.4 is 19.1 Å². The van der Waals surface area contributed by atoms with E-state index in [1.54, 1.807) is 55.5 Å². The number of halogens is 1. The van der Waals surface area contributed by atoms with E-state index in [4.69, 9.17) is 21.1 Å². The summed E-state index contributed by atoms with van der Waals surface area (Å²) in [5.41, 5.74) is 1.71. The number of carbonyl (C=O) groups is 2. The molecule has 208 valence electrons. The molecule has 0 aliphatic carbocycles. The number of nitrogens with zero attached hydrogens (tertiary/aromatic N) is 2. The number of nitrogens with one attached hydrogen (secondary N) is 1. The van der Waals surface area contributed by atoms with Crippen LogP contribution in [0.4, 0.5) is 5.69 Å². The van der Waals surface area contributed by atoms with E-state index < -0.39 is 34.4 Å². The van der Waals surface area contributed by atoms with Crippen molar-refractivity contribution in [2.24, 2.45) is 0 Å². The van der Waals surface area contributed by atoms with Gasteiger partial charge in [0.1, 0.15) is 24.1 Å². The minimum atomic E-state index is -4.25. The van der Waals surface area contributed by atoms with Crippen molar-refractivity contribution in [1.29, 1.82) is 0 Å². The first-order valence-electron chi connectivity index (χ1n) is 12.1. The third-order valence-electron chi connectivity index (χ3n) is 6.22. The number of likely N-dealkylation sites (N-methyl/N-ethyl adjacent to an activating group) is 1. The van der Waals surface area contributed by atoms with Crippen molar-refractivity contribution in [2.75, 3.05) is 32.1 Å². The summed E-state index contributed by atoms with van der Waals surface area (Å²) in [6.07, 6.45) is 0. The van der Waals surface area contributed by atoms with Crippen LogP contribution in [-0.4, -0.2) is 59.0 Å². The number of aryl methyl sites for hydroxylation is 1. The Hall–Kier alpha value is -3.76. The van der Waals surface area contributed by atoms with Crippen LogP contribution in [0.15, 0.2) is 71.6 Å². The van der Waals surface area contributed by atoms with Gasteiger partial charge in [-0.2, -0.15) is 0 Å². The molecule has 2 amide bonds. The first kappa shape index (κ1) is 29.8. The fourth-order valence-electron chi connectivity index (χ4n) is 3.92. The quantitative estimate of drug-likeness (QED) is 0.371. The average Bonchev–Trinajstić information content (AvgIpc) is 2.94. The summed E-state index contributed by atoms with van der Waals surface area (Å²) in [7, 11) is 0.0764. The standard InChI is InChI=1S/C28H32ClN3O6S/c1-19-6-13-24(14-7-19)39(35,36)32(25-16-23(37-4)12-15-26(25)38-5)18-27(33)31(20(2)28(34)30-3)17-21-8-10-22(29)11-9-21/h6-16,20H,17-18H2,1-5H3,(H,30,34)/t20-/m1/s1. The topological polar surface area (TPSA) is 105 Å². The van der Waals surface area contributed by atoms with Crippen molar-refractivity contribution in [1.82, 2.24) is 10.2 Å². The van der Waals surface area contributed by atoms with Crippen molar-refractivity contribution in [3.05, 3.63) is 82.9 Å². The maximum atomic E-state index is 14.0. The van der Waals surface area contributed by atoms with E-state index in [-0.39, 0.29) is 22.9 Å². The second-order valence-electron chi connectivity index (χ2n) is 8.80. The van der Waals surface area contributed by atoms with Crippen LogP contribution in [0, 0.1) is 6.92 Å². The first-order valence-corrected chi connectivity index (χ1v) is 13.9. The molecule has 0 radical (unpaired) electrons. The van der Waals surface area contributed by atoms with E-state index in [9.17, 15) is 18.0 Å². The summed E-state index contributed by atoms with van der Waals surface area (Å²) in [5.74, 6) is -0.396. The molecule has 1 N–H and O–H groups in total. The SMILES string of the molecule is CNC(=O)[C@@H](C)N(Cc1ccc(Cl)cc1)C(=O)CN(c1cc(OC)ccc1OC)S(=O)(=O)c1ccc(C)cc1. The minimum absolute atomic E-state index is 0.00521. The van der Waals surface area contributed by atoms with E-state index in [1.807, 2.05) is 6.92 Å². The number of benzene rings is 3. The Bertz CT molecular complexity index is 1410. The van der Waals surface area contributed by atoms with Gasteiger partial charge in [-0.25, -0.2) is 8.42 Å². The Morgan fingerprint density at radius 3 is 2.18 bits per heavy atom. The lowest BCUT2D eigenvalue weighted by molar-refractivity contribution is -0.139. The monoisotopic (exact) mass is 573 g/mol. The Morgan fingerprint density at radius 1 is 0.974 bits per heavy atom. The van der Waals surface area contributed by atoms with Crippen LogP contribution in [-0.2, 0) is 26.2 Å². The van der Waals surface area contributed by atoms with Gasteiger partial charge in [-0.1, -0.05) is 41.4 Å². The van der Waals surface area contributed by atoms with Gasteiger partial charge in [0, 0.05) is 24.7 Å². The van der Waals surface area contributed by atoms with Gasteiger partial charge in [0.25, 0.3) is 10.0 Å². The summed E-state index contributed by atoms with van der Waals surface area (Å²) in [6.45, 7) is 2.88. The molecule has 0 fully saturated rings. The zero-order valence-electron chi connectivity index (χ0n) is 22.5. The van der Waals surface area contributed by atoms with E-state index in [2.05, 4.69) is 5.32 Å². The third kappa shape index (κ3) is 7.01. The largest absolute Gasteiger partial charge is 0.497 e. The first-order chi connectivity index (χ1) is 18.5. The highest BCUT2D eigenvalue weighted by molar-refractivity contribution is 7.92. The predicted molar refractivity (Wildman–Crippen MR) is 151 cm³/mol. The lowest BCUT2D eigenvalue weighted by Gasteiger charge is -2.32. The smallest absolute Gasteiger partial charge is 0.264 e. The van der Waals surface area contributed by atoms with Crippen molar-refractivity contribution in [3.63, 3.8) is 0 Å². The average molecular weight is 574 g/mol. The number of rotatable bonds is 11. The van der Waals surface area contributed by atoms with Crippen LogP contribution in [0.1, 0.15) is 18.1 Å². The number of anilines is 1. The van der Waals surface area contributed by atoms with E-state index in [0.717, 1.165) is 15.4 Å². The van der Waals surface area contributed by atoms with Gasteiger partial charge in [-0.15, -0.1) is 0 Å². The summed E-state index contributed by atoms with van der Waals surface area (Å²) in [4.78, 5) is 27.8. The van der Waals surface area contributed by atoms with Crippen molar-refractivity contribution in [3.8, 4) is 11.5 Å². The number of hydrogen-bond acceptors (Lipinski definition) is 6. The van der Waals surface area contributed by atoms with Gasteiger partial charge < -0.3 is 19.7 Å². The van der Waals surface area contributed by atoms with Gasteiger partial charge >= 0.3 is 0 Å². The molecular weight excluding hydrogens is 542 g/mol. The number of carbonyl (C=O) groups excluding carboxylic acids is 2. The number of amides is 2. The molecular formula is C28H32ClN3O6S. The number of methoxy groups -OCH3 is 2. The fourth-order valence-corrected chi connectivity index (χ4v) is 5.46. The van der Waals surface area contributed by atoms with Crippen molar-refractivity contribution < 1.29 is 27.5 Å². The highest BCUT2D eigenvalue weighted by Crippen LogP contribution is 2.36. The molecule has 0 aliphatic heterocycles. The molecule has 9 nitrogen and oxygen atoms in total. The van der Waals surface area contributed by atoms with Crippen LogP contribution in [0.3, 0.4) is 0 Å². The molecule has 0 bridgehead atoms. The second kappa shape index (κ2) is 12.9. The molecule has 0 heterocycles. The third-order valence-corrected chi connectivity index (χ3v) is 8.25. The highest BCUT2D eigenvalue weighted by Gasteiger charge is 2.34.